The first-order valence-corrected chi connectivity index (χ1v) is 6.60. The van der Waals surface area contributed by atoms with Crippen LogP contribution in [-0.2, 0) is 14.3 Å². The molecule has 0 aliphatic carbocycles. The summed E-state index contributed by atoms with van der Waals surface area (Å²) in [5, 5.41) is 10.9. The average molecular weight is 292 g/mol. The number of likely N-dealkylation sites (tertiary alicyclic amines) is 1. The number of esters is 1. The Labute approximate surface area is 121 Å². The number of rotatable bonds is 5. The first-order valence-electron chi connectivity index (χ1n) is 6.60. The Morgan fingerprint density at radius 3 is 2.71 bits per heavy atom. The van der Waals surface area contributed by atoms with E-state index in [1.807, 2.05) is 0 Å². The van der Waals surface area contributed by atoms with E-state index in [1.165, 1.54) is 12.0 Å². The van der Waals surface area contributed by atoms with E-state index in [9.17, 15) is 19.7 Å². The quantitative estimate of drug-likeness (QED) is 0.461. The standard InChI is InChI=1S/C14H16N2O5/c1-21-14(18)11-7-8-13(17)16(11)12(9-15(19)20)10-5-3-2-4-6-10/h2-6,11-12H,7-9H2,1H3. The van der Waals surface area contributed by atoms with Gasteiger partial charge < -0.3 is 9.64 Å². The third-order valence-corrected chi connectivity index (χ3v) is 3.57. The Bertz CT molecular complexity index is 546. The zero-order valence-electron chi connectivity index (χ0n) is 11.6. The van der Waals surface area contributed by atoms with Crippen molar-refractivity contribution in [2.24, 2.45) is 0 Å². The summed E-state index contributed by atoms with van der Waals surface area (Å²) in [7, 11) is 1.24. The molecule has 1 heterocycles. The molecule has 1 aliphatic heterocycles. The molecule has 0 spiro atoms. The SMILES string of the molecule is COC(=O)C1CCC(=O)N1C(C[N+](=O)[O-])c1ccccc1. The van der Waals surface area contributed by atoms with E-state index >= 15 is 0 Å². The third kappa shape index (κ3) is 3.18. The lowest BCUT2D eigenvalue weighted by molar-refractivity contribution is -0.487. The molecule has 0 aromatic heterocycles. The second-order valence-electron chi connectivity index (χ2n) is 4.82. The number of nitro groups is 1. The number of carbonyl (C=O) groups is 2. The van der Waals surface area contributed by atoms with Crippen molar-refractivity contribution in [3.63, 3.8) is 0 Å². The van der Waals surface area contributed by atoms with Crippen LogP contribution < -0.4 is 0 Å². The van der Waals surface area contributed by atoms with Crippen molar-refractivity contribution in [1.29, 1.82) is 0 Å². The van der Waals surface area contributed by atoms with E-state index in [0.29, 0.717) is 12.0 Å². The van der Waals surface area contributed by atoms with Crippen molar-refractivity contribution in [1.82, 2.24) is 4.90 Å². The van der Waals surface area contributed by atoms with Gasteiger partial charge in [-0.05, 0) is 12.0 Å². The van der Waals surface area contributed by atoms with E-state index in [1.54, 1.807) is 30.3 Å². The molecule has 1 aliphatic rings. The van der Waals surface area contributed by atoms with Crippen LogP contribution in [0, 0.1) is 10.1 Å². The summed E-state index contributed by atoms with van der Waals surface area (Å²) in [6.07, 6.45) is 0.521. The van der Waals surface area contributed by atoms with Gasteiger partial charge in [0.15, 0.2) is 0 Å². The summed E-state index contributed by atoms with van der Waals surface area (Å²) < 4.78 is 4.70. The number of methoxy groups -OCH3 is 1. The highest BCUT2D eigenvalue weighted by atomic mass is 16.6. The maximum Gasteiger partial charge on any atom is 0.328 e. The summed E-state index contributed by atoms with van der Waals surface area (Å²) >= 11 is 0. The first-order chi connectivity index (χ1) is 10.0. The number of benzene rings is 1. The van der Waals surface area contributed by atoms with Crippen LogP contribution in [0.25, 0.3) is 0 Å². The molecule has 112 valence electrons. The zero-order valence-corrected chi connectivity index (χ0v) is 11.6. The van der Waals surface area contributed by atoms with Gasteiger partial charge in [-0.3, -0.25) is 14.9 Å². The molecule has 2 atom stereocenters. The van der Waals surface area contributed by atoms with Gasteiger partial charge in [-0.1, -0.05) is 30.3 Å². The number of ether oxygens (including phenoxy) is 1. The molecule has 0 N–H and O–H groups in total. The van der Waals surface area contributed by atoms with Crippen LogP contribution in [-0.4, -0.2) is 41.4 Å². The van der Waals surface area contributed by atoms with Crippen molar-refractivity contribution in [3.05, 3.63) is 46.0 Å². The number of amides is 1. The minimum absolute atomic E-state index is 0.195. The highest BCUT2D eigenvalue weighted by molar-refractivity contribution is 5.88. The van der Waals surface area contributed by atoms with E-state index < -0.39 is 29.5 Å². The van der Waals surface area contributed by atoms with Gasteiger partial charge in [-0.15, -0.1) is 0 Å². The predicted octanol–water partition coefficient (Wildman–Crippen LogP) is 1.17. The lowest BCUT2D eigenvalue weighted by Gasteiger charge is -2.29. The highest BCUT2D eigenvalue weighted by Gasteiger charge is 2.43. The Balaban J connectivity index is 2.36. The van der Waals surface area contributed by atoms with Gasteiger partial charge in [0, 0.05) is 11.3 Å². The van der Waals surface area contributed by atoms with Gasteiger partial charge >= 0.3 is 5.97 Å². The molecule has 1 aromatic carbocycles. The van der Waals surface area contributed by atoms with Crippen LogP contribution in [0.4, 0.5) is 0 Å². The molecule has 0 saturated carbocycles. The van der Waals surface area contributed by atoms with E-state index in [0.717, 1.165) is 0 Å². The van der Waals surface area contributed by atoms with Crippen LogP contribution in [0.2, 0.25) is 0 Å². The van der Waals surface area contributed by atoms with Crippen LogP contribution in [0.1, 0.15) is 24.4 Å². The minimum atomic E-state index is -0.764. The zero-order chi connectivity index (χ0) is 15.4. The van der Waals surface area contributed by atoms with Gasteiger partial charge in [0.05, 0.1) is 7.11 Å². The number of hydrogen-bond donors (Lipinski definition) is 0. The first kappa shape index (κ1) is 15.0. The third-order valence-electron chi connectivity index (χ3n) is 3.57. The summed E-state index contributed by atoms with van der Waals surface area (Å²) in [5.41, 5.74) is 0.637. The Morgan fingerprint density at radius 1 is 1.48 bits per heavy atom. The fourth-order valence-corrected chi connectivity index (χ4v) is 2.63. The molecule has 7 heteroatoms. The molecule has 7 nitrogen and oxygen atoms in total. The number of hydrogen-bond acceptors (Lipinski definition) is 5. The van der Waals surface area contributed by atoms with E-state index in [-0.39, 0.29) is 12.3 Å². The smallest absolute Gasteiger partial charge is 0.328 e. The second-order valence-corrected chi connectivity index (χ2v) is 4.82. The maximum absolute atomic E-state index is 12.1. The molecular weight excluding hydrogens is 276 g/mol. The number of carbonyl (C=O) groups excluding carboxylic acids is 2. The molecule has 0 radical (unpaired) electrons. The average Bonchev–Trinajstić information content (AvgIpc) is 2.86. The molecule has 2 unspecified atom stereocenters. The monoisotopic (exact) mass is 292 g/mol. The van der Waals surface area contributed by atoms with E-state index in [4.69, 9.17) is 4.74 Å². The second kappa shape index (κ2) is 6.34. The van der Waals surface area contributed by atoms with Gasteiger partial charge in [-0.25, -0.2) is 4.79 Å². The van der Waals surface area contributed by atoms with Gasteiger partial charge in [0.1, 0.15) is 12.1 Å². The van der Waals surface area contributed by atoms with Gasteiger partial charge in [0.2, 0.25) is 12.5 Å². The van der Waals surface area contributed by atoms with Crippen molar-refractivity contribution in [2.75, 3.05) is 13.7 Å². The van der Waals surface area contributed by atoms with Gasteiger partial charge in [0.25, 0.3) is 0 Å². The fourth-order valence-electron chi connectivity index (χ4n) is 2.63. The molecule has 1 saturated heterocycles. The van der Waals surface area contributed by atoms with Crippen molar-refractivity contribution in [3.8, 4) is 0 Å². The Kier molecular flexibility index (Phi) is 4.52. The van der Waals surface area contributed by atoms with Crippen molar-refractivity contribution >= 4 is 11.9 Å². The van der Waals surface area contributed by atoms with E-state index in [2.05, 4.69) is 0 Å². The minimum Gasteiger partial charge on any atom is -0.467 e. The maximum atomic E-state index is 12.1. The molecule has 21 heavy (non-hydrogen) atoms. The lowest BCUT2D eigenvalue weighted by atomic mass is 10.0. The number of nitrogens with zero attached hydrogens (tertiary/aromatic N) is 2. The molecular formula is C14H16N2O5. The summed E-state index contributed by atoms with van der Waals surface area (Å²) in [4.78, 5) is 35.7. The highest BCUT2D eigenvalue weighted by Crippen LogP contribution is 2.31. The lowest BCUT2D eigenvalue weighted by Crippen LogP contribution is -2.44. The molecule has 1 amide bonds. The Morgan fingerprint density at radius 2 is 2.14 bits per heavy atom. The largest absolute Gasteiger partial charge is 0.467 e. The Hall–Kier alpha value is -2.44. The van der Waals surface area contributed by atoms with Crippen LogP contribution >= 0.6 is 0 Å². The van der Waals surface area contributed by atoms with Crippen LogP contribution in [0.5, 0.6) is 0 Å². The van der Waals surface area contributed by atoms with Gasteiger partial charge in [-0.2, -0.15) is 0 Å². The summed E-state index contributed by atoms with van der Waals surface area (Å²) in [6.45, 7) is -0.441. The molecule has 1 aromatic rings. The van der Waals surface area contributed by atoms with Crippen molar-refractivity contribution in [2.45, 2.75) is 24.9 Å². The topological polar surface area (TPSA) is 89.8 Å². The van der Waals surface area contributed by atoms with Crippen molar-refractivity contribution < 1.29 is 19.2 Å². The summed E-state index contributed by atoms with van der Waals surface area (Å²) in [5.74, 6) is -0.800. The fraction of sp³-hybridized carbons (Fsp3) is 0.429. The predicted molar refractivity (Wildman–Crippen MR) is 72.9 cm³/mol. The van der Waals surface area contributed by atoms with Crippen LogP contribution in [0.3, 0.4) is 0 Å². The molecule has 2 rings (SSSR count). The summed E-state index contributed by atoms with van der Waals surface area (Å²) in [6, 6.07) is 7.19. The molecule has 1 fully saturated rings. The normalized spacial score (nSPS) is 19.4. The molecule has 0 bridgehead atoms. The van der Waals surface area contributed by atoms with Crippen LogP contribution in [0.15, 0.2) is 30.3 Å².